The third-order valence-electron chi connectivity index (χ3n) is 5.51. The van der Waals surface area contributed by atoms with Crippen molar-refractivity contribution in [2.24, 2.45) is 0 Å². The van der Waals surface area contributed by atoms with Crippen LogP contribution in [0.5, 0.6) is 11.5 Å². The summed E-state index contributed by atoms with van der Waals surface area (Å²) in [5, 5.41) is 59.4. The van der Waals surface area contributed by atoms with Gasteiger partial charge in [-0.1, -0.05) is 12.1 Å². The first kappa shape index (κ1) is 23.2. The van der Waals surface area contributed by atoms with Crippen molar-refractivity contribution in [2.45, 2.75) is 43.2 Å². The lowest BCUT2D eigenvalue weighted by molar-refractivity contribution is -0.277. The molecule has 0 bridgehead atoms. The summed E-state index contributed by atoms with van der Waals surface area (Å²) in [4.78, 5) is 12.5. The van der Waals surface area contributed by atoms with Crippen molar-refractivity contribution in [1.29, 1.82) is 0 Å². The molecule has 2 heterocycles. The van der Waals surface area contributed by atoms with E-state index in [0.717, 1.165) is 5.56 Å². The number of benzene rings is 2. The number of rotatable bonds is 6. The van der Waals surface area contributed by atoms with Crippen molar-refractivity contribution in [1.82, 2.24) is 0 Å². The van der Waals surface area contributed by atoms with Crippen LogP contribution in [-0.4, -0.2) is 68.0 Å². The molecule has 3 aromatic rings. The maximum atomic E-state index is 12.5. The van der Waals surface area contributed by atoms with Crippen molar-refractivity contribution >= 4 is 11.0 Å². The maximum absolute atomic E-state index is 12.5. The first-order valence-corrected chi connectivity index (χ1v) is 10.3. The van der Waals surface area contributed by atoms with Gasteiger partial charge in [0.15, 0.2) is 5.43 Å². The molecule has 1 aliphatic rings. The highest BCUT2D eigenvalue weighted by molar-refractivity contribution is 5.78. The third kappa shape index (κ3) is 4.86. The van der Waals surface area contributed by atoms with E-state index >= 15 is 0 Å². The fraction of sp³-hybridized carbons (Fsp3) is 0.348. The van der Waals surface area contributed by atoms with Crippen LogP contribution in [0.15, 0.2) is 57.7 Å². The summed E-state index contributed by atoms with van der Waals surface area (Å²) in [5.41, 5.74) is 0.461. The van der Waals surface area contributed by atoms with Crippen LogP contribution in [0.3, 0.4) is 0 Å². The van der Waals surface area contributed by atoms with Crippen LogP contribution in [0.1, 0.15) is 17.4 Å². The quantitative estimate of drug-likeness (QED) is 0.293. The Morgan fingerprint density at radius 2 is 1.70 bits per heavy atom. The molecule has 10 heteroatoms. The second kappa shape index (κ2) is 9.48. The lowest BCUT2D eigenvalue weighted by atomic mass is 9.99. The average molecular weight is 460 g/mol. The van der Waals surface area contributed by atoms with Gasteiger partial charge in [-0.25, -0.2) is 0 Å². The molecule has 6 N–H and O–H groups in total. The molecule has 0 saturated carbocycles. The van der Waals surface area contributed by atoms with Crippen molar-refractivity contribution < 1.29 is 44.5 Å². The first-order chi connectivity index (χ1) is 15.8. The molecule has 0 amide bonds. The highest BCUT2D eigenvalue weighted by Gasteiger charge is 2.44. The Morgan fingerprint density at radius 1 is 0.970 bits per heavy atom. The number of fused-ring (bicyclic) bond motifs is 1. The van der Waals surface area contributed by atoms with Gasteiger partial charge in [-0.15, -0.1) is 0 Å². The predicted molar refractivity (Wildman–Crippen MR) is 114 cm³/mol. The van der Waals surface area contributed by atoms with Crippen LogP contribution in [0.2, 0.25) is 0 Å². The van der Waals surface area contributed by atoms with Gasteiger partial charge in [0.25, 0.3) is 0 Å². The minimum atomic E-state index is -1.60. The fourth-order valence-electron chi connectivity index (χ4n) is 3.65. The third-order valence-corrected chi connectivity index (χ3v) is 5.51. The molecule has 2 aromatic carbocycles. The van der Waals surface area contributed by atoms with Crippen LogP contribution in [0.4, 0.5) is 0 Å². The predicted octanol–water partition coefficient (Wildman–Crippen LogP) is -0.0466. The van der Waals surface area contributed by atoms with Crippen LogP contribution in [0.25, 0.3) is 11.0 Å². The average Bonchev–Trinajstić information content (AvgIpc) is 2.80. The molecule has 0 spiro atoms. The van der Waals surface area contributed by atoms with Crippen molar-refractivity contribution in [3.63, 3.8) is 0 Å². The highest BCUT2D eigenvalue weighted by atomic mass is 16.7. The van der Waals surface area contributed by atoms with E-state index in [1.54, 1.807) is 12.1 Å². The molecular formula is C23H24O10. The maximum Gasteiger partial charge on any atom is 0.229 e. The summed E-state index contributed by atoms with van der Waals surface area (Å²) in [7, 11) is 0. The van der Waals surface area contributed by atoms with E-state index in [2.05, 4.69) is 0 Å². The summed E-state index contributed by atoms with van der Waals surface area (Å²) in [5.74, 6) is 0.253. The molecule has 6 atom stereocenters. The summed E-state index contributed by atoms with van der Waals surface area (Å²) in [6, 6.07) is 11.7. The Balaban J connectivity index is 1.57. The molecule has 1 fully saturated rings. The summed E-state index contributed by atoms with van der Waals surface area (Å²) in [6.07, 6.45) is -8.21. The van der Waals surface area contributed by atoms with E-state index in [1.807, 2.05) is 0 Å². The molecule has 0 aliphatic carbocycles. The monoisotopic (exact) mass is 460 g/mol. The summed E-state index contributed by atoms with van der Waals surface area (Å²) < 4.78 is 16.6. The molecule has 4 rings (SSSR count). The zero-order valence-corrected chi connectivity index (χ0v) is 17.3. The number of aliphatic hydroxyl groups excluding tert-OH is 5. The fourth-order valence-corrected chi connectivity index (χ4v) is 3.65. The number of aliphatic hydroxyl groups is 5. The normalized spacial score (nSPS) is 26.3. The number of hydrogen-bond donors (Lipinski definition) is 6. The second-order valence-electron chi connectivity index (χ2n) is 7.87. The van der Waals surface area contributed by atoms with Crippen molar-refractivity contribution in [3.05, 3.63) is 70.1 Å². The highest BCUT2D eigenvalue weighted by Crippen LogP contribution is 2.28. The Hall–Kier alpha value is -2.99. The molecule has 33 heavy (non-hydrogen) atoms. The van der Waals surface area contributed by atoms with Crippen molar-refractivity contribution in [2.75, 3.05) is 6.61 Å². The van der Waals surface area contributed by atoms with E-state index in [9.17, 15) is 35.4 Å². The zero-order valence-electron chi connectivity index (χ0n) is 17.3. The van der Waals surface area contributed by atoms with Gasteiger partial charge in [-0.3, -0.25) is 4.79 Å². The van der Waals surface area contributed by atoms with E-state index in [-0.39, 0.29) is 40.1 Å². The molecule has 1 unspecified atom stereocenters. The van der Waals surface area contributed by atoms with Gasteiger partial charge >= 0.3 is 0 Å². The van der Waals surface area contributed by atoms with Gasteiger partial charge in [0.1, 0.15) is 53.4 Å². The van der Waals surface area contributed by atoms with Crippen LogP contribution >= 0.6 is 0 Å². The van der Waals surface area contributed by atoms with Crippen molar-refractivity contribution in [3.8, 4) is 11.5 Å². The molecule has 176 valence electrons. The van der Waals surface area contributed by atoms with E-state index in [4.69, 9.17) is 13.9 Å². The Bertz CT molecular complexity index is 1160. The molecule has 1 aromatic heterocycles. The first-order valence-electron chi connectivity index (χ1n) is 10.3. The largest absolute Gasteiger partial charge is 0.508 e. The van der Waals surface area contributed by atoms with Gasteiger partial charge < -0.3 is 44.5 Å². The lowest BCUT2D eigenvalue weighted by Gasteiger charge is -2.39. The van der Waals surface area contributed by atoms with Gasteiger partial charge in [0.2, 0.25) is 6.29 Å². The molecule has 1 aliphatic heterocycles. The van der Waals surface area contributed by atoms with E-state index < -0.39 is 43.4 Å². The Kier molecular flexibility index (Phi) is 6.66. The van der Waals surface area contributed by atoms with Crippen LogP contribution in [0, 0.1) is 0 Å². The van der Waals surface area contributed by atoms with Gasteiger partial charge in [0, 0.05) is 18.6 Å². The number of ether oxygens (including phenoxy) is 2. The summed E-state index contributed by atoms with van der Waals surface area (Å²) in [6.45, 7) is -0.598. The van der Waals surface area contributed by atoms with Gasteiger partial charge in [0.05, 0.1) is 12.0 Å². The SMILES string of the molecule is O=c1cc(C(O)Cc2ccc(O)cc2)oc2cc(O[C@@H]3O[C@H](CO)[C@@H](O)[C@H](O)[C@H]3O)ccc12. The number of aromatic hydroxyl groups is 1. The van der Waals surface area contributed by atoms with E-state index in [1.165, 1.54) is 36.4 Å². The minimum absolute atomic E-state index is 0.0329. The Morgan fingerprint density at radius 3 is 2.39 bits per heavy atom. The second-order valence-corrected chi connectivity index (χ2v) is 7.87. The molecule has 0 radical (unpaired) electrons. The molecular weight excluding hydrogens is 436 g/mol. The summed E-state index contributed by atoms with van der Waals surface area (Å²) >= 11 is 0. The zero-order chi connectivity index (χ0) is 23.7. The van der Waals surface area contributed by atoms with Crippen LogP contribution in [-0.2, 0) is 11.2 Å². The molecule has 10 nitrogen and oxygen atoms in total. The lowest BCUT2D eigenvalue weighted by Crippen LogP contribution is -2.60. The van der Waals surface area contributed by atoms with Gasteiger partial charge in [-0.2, -0.15) is 0 Å². The van der Waals surface area contributed by atoms with Crippen LogP contribution < -0.4 is 10.2 Å². The number of hydrogen-bond acceptors (Lipinski definition) is 10. The standard InChI is InChI=1S/C23H24O10/c24-10-19-20(28)21(29)22(30)23(33-19)31-13-5-6-14-15(26)9-18(32-17(14)8-13)16(27)7-11-1-3-12(25)4-2-11/h1-6,8-9,16,19-25,27-30H,7,10H2/t16?,19-,20-,21+,22-,23-/m1/s1. The van der Waals surface area contributed by atoms with E-state index in [0.29, 0.717) is 0 Å². The Labute approximate surface area is 187 Å². The molecule has 1 saturated heterocycles. The topological polar surface area (TPSA) is 170 Å². The van der Waals surface area contributed by atoms with Gasteiger partial charge in [-0.05, 0) is 29.8 Å². The minimum Gasteiger partial charge on any atom is -0.508 e. The number of phenolic OH excluding ortho intramolecular Hbond substituents is 1. The smallest absolute Gasteiger partial charge is 0.229 e. The number of phenols is 1.